The van der Waals surface area contributed by atoms with Crippen LogP contribution in [0.25, 0.3) is 11.3 Å². The number of hydrogen-bond acceptors (Lipinski definition) is 6. The number of carbonyl (C=O) groups is 1. The van der Waals surface area contributed by atoms with Gasteiger partial charge in [0.15, 0.2) is 11.3 Å². The van der Waals surface area contributed by atoms with E-state index in [2.05, 4.69) is 15.3 Å². The number of morpholine rings is 1. The van der Waals surface area contributed by atoms with Gasteiger partial charge >= 0.3 is 5.69 Å². The highest BCUT2D eigenvalue weighted by molar-refractivity contribution is 5.97. The fourth-order valence-electron chi connectivity index (χ4n) is 2.60. The quantitative estimate of drug-likeness (QED) is 0.644. The van der Waals surface area contributed by atoms with Gasteiger partial charge in [-0.15, -0.1) is 5.10 Å². The normalized spacial score (nSPS) is 14.9. The molecule has 0 bridgehead atoms. The average Bonchev–Trinajstić information content (AvgIpc) is 3.08. The van der Waals surface area contributed by atoms with Crippen LogP contribution in [0.1, 0.15) is 10.5 Å². The molecule has 1 aromatic carbocycles. The van der Waals surface area contributed by atoms with Crippen molar-refractivity contribution in [3.63, 3.8) is 0 Å². The number of carbonyl (C=O) groups excluding carboxylic acids is 1. The number of imidazole rings is 1. The molecule has 2 aromatic heterocycles. The van der Waals surface area contributed by atoms with Crippen LogP contribution < -0.4 is 5.69 Å². The Bertz CT molecular complexity index is 943. The van der Waals surface area contributed by atoms with Crippen molar-refractivity contribution in [2.45, 2.75) is 0 Å². The predicted molar refractivity (Wildman–Crippen MR) is 83.1 cm³/mol. The molecule has 1 fully saturated rings. The Hall–Kier alpha value is -3.07. The molecule has 24 heavy (non-hydrogen) atoms. The lowest BCUT2D eigenvalue weighted by Crippen LogP contribution is -2.41. The van der Waals surface area contributed by atoms with Crippen LogP contribution in [0.3, 0.4) is 0 Å². The summed E-state index contributed by atoms with van der Waals surface area (Å²) in [6, 6.07) is 8.94. The molecule has 1 amide bonds. The van der Waals surface area contributed by atoms with E-state index in [1.54, 1.807) is 29.2 Å². The van der Waals surface area contributed by atoms with Crippen LogP contribution in [0.15, 0.2) is 41.5 Å². The Labute approximate surface area is 136 Å². The van der Waals surface area contributed by atoms with Gasteiger partial charge in [-0.3, -0.25) is 4.79 Å². The number of amides is 1. The summed E-state index contributed by atoms with van der Waals surface area (Å²) in [6.07, 6.45) is 1.31. The summed E-state index contributed by atoms with van der Waals surface area (Å²) in [4.78, 5) is 30.9. The molecule has 9 nitrogen and oxygen atoms in total. The lowest BCUT2D eigenvalue weighted by atomic mass is 10.3. The first kappa shape index (κ1) is 14.5. The summed E-state index contributed by atoms with van der Waals surface area (Å²) in [7, 11) is 0. The average molecular weight is 326 g/mol. The van der Waals surface area contributed by atoms with Gasteiger partial charge in [-0.05, 0) is 12.1 Å². The zero-order valence-corrected chi connectivity index (χ0v) is 12.7. The monoisotopic (exact) mass is 326 g/mol. The highest BCUT2D eigenvalue weighted by atomic mass is 16.5. The SMILES string of the molecule is O=C(c1ncn2c(=O)n(-c3ccccc3)nnc12)N1CCOCC1. The molecule has 1 aliphatic rings. The Morgan fingerprint density at radius 3 is 2.62 bits per heavy atom. The van der Waals surface area contributed by atoms with E-state index < -0.39 is 5.69 Å². The van der Waals surface area contributed by atoms with Crippen LogP contribution in [0, 0.1) is 0 Å². The summed E-state index contributed by atoms with van der Waals surface area (Å²) in [5.74, 6) is -0.271. The van der Waals surface area contributed by atoms with Crippen molar-refractivity contribution in [2.24, 2.45) is 0 Å². The molecule has 0 N–H and O–H groups in total. The Morgan fingerprint density at radius 2 is 1.88 bits per heavy atom. The van der Waals surface area contributed by atoms with Crippen LogP contribution >= 0.6 is 0 Å². The fraction of sp³-hybridized carbons (Fsp3) is 0.267. The second-order valence-electron chi connectivity index (χ2n) is 5.31. The second kappa shape index (κ2) is 5.85. The summed E-state index contributed by atoms with van der Waals surface area (Å²) >= 11 is 0. The van der Waals surface area contributed by atoms with Crippen LogP contribution in [0.4, 0.5) is 0 Å². The second-order valence-corrected chi connectivity index (χ2v) is 5.31. The molecule has 1 saturated heterocycles. The van der Waals surface area contributed by atoms with Crippen molar-refractivity contribution in [1.82, 2.24) is 29.3 Å². The molecular formula is C15H14N6O3. The highest BCUT2D eigenvalue weighted by Crippen LogP contribution is 2.10. The molecule has 122 valence electrons. The maximum Gasteiger partial charge on any atom is 0.357 e. The largest absolute Gasteiger partial charge is 0.378 e. The summed E-state index contributed by atoms with van der Waals surface area (Å²) in [5.41, 5.74) is 0.441. The van der Waals surface area contributed by atoms with Crippen molar-refractivity contribution in [2.75, 3.05) is 26.3 Å². The molecule has 3 aromatic rings. The zero-order chi connectivity index (χ0) is 16.5. The Kier molecular flexibility index (Phi) is 3.54. The van der Waals surface area contributed by atoms with E-state index in [0.29, 0.717) is 32.0 Å². The van der Waals surface area contributed by atoms with Gasteiger partial charge in [0.1, 0.15) is 6.33 Å². The van der Waals surface area contributed by atoms with E-state index >= 15 is 0 Å². The highest BCUT2D eigenvalue weighted by Gasteiger charge is 2.24. The third-order valence-corrected chi connectivity index (χ3v) is 3.86. The molecule has 0 radical (unpaired) electrons. The van der Waals surface area contributed by atoms with Crippen LogP contribution in [-0.2, 0) is 4.74 Å². The minimum Gasteiger partial charge on any atom is -0.378 e. The third kappa shape index (κ3) is 2.35. The molecule has 0 aliphatic carbocycles. The van der Waals surface area contributed by atoms with Crippen LogP contribution in [0.5, 0.6) is 0 Å². The van der Waals surface area contributed by atoms with Gasteiger partial charge in [0, 0.05) is 13.1 Å². The fourth-order valence-corrected chi connectivity index (χ4v) is 2.60. The van der Waals surface area contributed by atoms with E-state index in [1.165, 1.54) is 10.7 Å². The van der Waals surface area contributed by atoms with E-state index in [1.807, 2.05) is 6.07 Å². The molecule has 1 aliphatic heterocycles. The Morgan fingerprint density at radius 1 is 1.12 bits per heavy atom. The lowest BCUT2D eigenvalue weighted by molar-refractivity contribution is 0.0300. The molecule has 0 atom stereocenters. The molecular weight excluding hydrogens is 312 g/mol. The van der Waals surface area contributed by atoms with Gasteiger partial charge < -0.3 is 9.64 Å². The number of ether oxygens (including phenoxy) is 1. The number of benzene rings is 1. The zero-order valence-electron chi connectivity index (χ0n) is 12.7. The van der Waals surface area contributed by atoms with Crippen molar-refractivity contribution in [3.8, 4) is 5.69 Å². The van der Waals surface area contributed by atoms with Gasteiger partial charge in [-0.25, -0.2) is 14.2 Å². The van der Waals surface area contributed by atoms with Crippen molar-refractivity contribution < 1.29 is 9.53 Å². The van der Waals surface area contributed by atoms with Gasteiger partial charge in [0.2, 0.25) is 0 Å². The third-order valence-electron chi connectivity index (χ3n) is 3.86. The maximum absolute atomic E-state index is 12.6. The number of nitrogens with zero attached hydrogens (tertiary/aromatic N) is 6. The van der Waals surface area contributed by atoms with Gasteiger partial charge in [0.05, 0.1) is 18.9 Å². The first-order valence-electron chi connectivity index (χ1n) is 7.51. The van der Waals surface area contributed by atoms with Crippen molar-refractivity contribution >= 4 is 11.6 Å². The summed E-state index contributed by atoms with van der Waals surface area (Å²) in [5, 5.41) is 7.96. The minimum absolute atomic E-state index is 0.127. The van der Waals surface area contributed by atoms with Crippen LogP contribution in [0.2, 0.25) is 0 Å². The smallest absolute Gasteiger partial charge is 0.357 e. The van der Waals surface area contributed by atoms with Crippen LogP contribution in [-0.4, -0.2) is 61.5 Å². The molecule has 0 spiro atoms. The number of fused-ring (bicyclic) bond motifs is 1. The van der Waals surface area contributed by atoms with Crippen molar-refractivity contribution in [1.29, 1.82) is 0 Å². The standard InChI is InChI=1S/C15H14N6O3/c22-14(19-6-8-24-9-7-19)12-13-17-18-21(11-4-2-1-3-5-11)15(23)20(13)10-16-12/h1-5,10H,6-9H2. The summed E-state index contributed by atoms with van der Waals surface area (Å²) < 4.78 is 7.63. The van der Waals surface area contributed by atoms with Gasteiger partial charge in [-0.2, -0.15) is 4.68 Å². The van der Waals surface area contributed by atoms with Crippen molar-refractivity contribution in [3.05, 3.63) is 52.8 Å². The minimum atomic E-state index is -0.431. The summed E-state index contributed by atoms with van der Waals surface area (Å²) in [6.45, 7) is 1.97. The van der Waals surface area contributed by atoms with E-state index in [9.17, 15) is 9.59 Å². The topological polar surface area (TPSA) is 94.6 Å². The molecule has 0 saturated carbocycles. The molecule has 9 heteroatoms. The lowest BCUT2D eigenvalue weighted by Gasteiger charge is -2.25. The first-order chi connectivity index (χ1) is 11.8. The number of aromatic nitrogens is 5. The molecule has 0 unspecified atom stereocenters. The van der Waals surface area contributed by atoms with E-state index in [0.717, 1.165) is 4.68 Å². The first-order valence-corrected chi connectivity index (χ1v) is 7.51. The molecule has 4 rings (SSSR count). The molecule has 3 heterocycles. The van der Waals surface area contributed by atoms with Gasteiger partial charge in [0.25, 0.3) is 5.91 Å². The maximum atomic E-state index is 12.6. The number of para-hydroxylation sites is 1. The number of rotatable bonds is 2. The number of hydrogen-bond donors (Lipinski definition) is 0. The van der Waals surface area contributed by atoms with E-state index in [4.69, 9.17) is 4.74 Å². The Balaban J connectivity index is 1.77. The van der Waals surface area contributed by atoms with Gasteiger partial charge in [-0.1, -0.05) is 23.4 Å². The van der Waals surface area contributed by atoms with E-state index in [-0.39, 0.29) is 17.2 Å². The predicted octanol–water partition coefficient (Wildman–Crippen LogP) is -0.252.